The summed E-state index contributed by atoms with van der Waals surface area (Å²) in [7, 11) is -3.69. The van der Waals surface area contributed by atoms with Crippen LogP contribution in [0.4, 0.5) is 5.95 Å². The summed E-state index contributed by atoms with van der Waals surface area (Å²) >= 11 is 0. The lowest BCUT2D eigenvalue weighted by Gasteiger charge is -2.12. The van der Waals surface area contributed by atoms with E-state index in [-0.39, 0.29) is 16.8 Å². The maximum Gasteiger partial charge on any atom is 0.270 e. The molecule has 0 fully saturated rings. The molecule has 1 aromatic carbocycles. The molecule has 8 nitrogen and oxygen atoms in total. The van der Waals surface area contributed by atoms with Gasteiger partial charge in [0.1, 0.15) is 5.69 Å². The first kappa shape index (κ1) is 20.8. The van der Waals surface area contributed by atoms with E-state index in [9.17, 15) is 13.2 Å². The minimum atomic E-state index is -3.69. The fourth-order valence-corrected chi connectivity index (χ4v) is 2.84. The number of anilines is 1. The van der Waals surface area contributed by atoms with Crippen molar-refractivity contribution in [2.24, 2.45) is 5.14 Å². The summed E-state index contributed by atoms with van der Waals surface area (Å²) in [5.74, 6) is 0.155. The molecule has 146 valence electrons. The van der Waals surface area contributed by atoms with Gasteiger partial charge in [0.15, 0.2) is 0 Å². The molecule has 0 saturated heterocycles. The number of nitrogens with one attached hydrogen (secondary N) is 2. The Labute approximate surface area is 159 Å². The molecular formula is C18H25N5O3S. The Morgan fingerprint density at radius 3 is 2.48 bits per heavy atom. The maximum absolute atomic E-state index is 12.2. The Morgan fingerprint density at radius 2 is 1.89 bits per heavy atom. The van der Waals surface area contributed by atoms with Gasteiger partial charge >= 0.3 is 0 Å². The fourth-order valence-electron chi connectivity index (χ4n) is 2.33. The predicted octanol–water partition coefficient (Wildman–Crippen LogP) is 1.62. The van der Waals surface area contributed by atoms with Crippen molar-refractivity contribution in [1.29, 1.82) is 0 Å². The lowest BCUT2D eigenvalue weighted by molar-refractivity contribution is 0.0934. The van der Waals surface area contributed by atoms with E-state index in [0.717, 1.165) is 12.0 Å². The standard InChI is InChI=1S/C18H25N5O3S/c1-4-12(2)21-17(24)16-11-13(3)22-18(23-16)20-10-9-14-5-7-15(8-6-14)27(19,25)26/h5-8,11-12H,4,9-10H2,1-3H3,(H,21,24)(H2,19,25,26)(H,20,22,23). The maximum atomic E-state index is 12.2. The molecule has 0 spiro atoms. The number of aromatic nitrogens is 2. The lowest BCUT2D eigenvalue weighted by atomic mass is 10.1. The van der Waals surface area contributed by atoms with E-state index in [1.54, 1.807) is 25.1 Å². The second kappa shape index (κ2) is 8.92. The number of benzene rings is 1. The number of carbonyl (C=O) groups excluding carboxylic acids is 1. The Kier molecular flexibility index (Phi) is 6.86. The number of nitrogens with zero attached hydrogens (tertiary/aromatic N) is 2. The van der Waals surface area contributed by atoms with Gasteiger partial charge in [-0.2, -0.15) is 0 Å². The molecular weight excluding hydrogens is 366 g/mol. The zero-order valence-corrected chi connectivity index (χ0v) is 16.5. The Morgan fingerprint density at radius 1 is 1.22 bits per heavy atom. The molecule has 27 heavy (non-hydrogen) atoms. The molecule has 1 heterocycles. The van der Waals surface area contributed by atoms with Gasteiger partial charge in [-0.25, -0.2) is 23.5 Å². The van der Waals surface area contributed by atoms with Gasteiger partial charge in [-0.3, -0.25) is 4.79 Å². The fraction of sp³-hybridized carbons (Fsp3) is 0.389. The summed E-state index contributed by atoms with van der Waals surface area (Å²) in [5, 5.41) is 11.1. The second-order valence-corrected chi connectivity index (χ2v) is 7.93. The Hall–Kier alpha value is -2.52. The lowest BCUT2D eigenvalue weighted by Crippen LogP contribution is -2.32. The van der Waals surface area contributed by atoms with Crippen LogP contribution in [0.1, 0.15) is 42.0 Å². The van der Waals surface area contributed by atoms with E-state index in [1.165, 1.54) is 12.1 Å². The van der Waals surface area contributed by atoms with Gasteiger partial charge in [0, 0.05) is 18.3 Å². The van der Waals surface area contributed by atoms with E-state index >= 15 is 0 Å². The summed E-state index contributed by atoms with van der Waals surface area (Å²) in [4.78, 5) is 20.9. The largest absolute Gasteiger partial charge is 0.354 e. The molecule has 4 N–H and O–H groups in total. The average Bonchev–Trinajstić information content (AvgIpc) is 2.60. The number of hydrogen-bond donors (Lipinski definition) is 3. The number of rotatable bonds is 8. The van der Waals surface area contributed by atoms with Crippen LogP contribution in [0.3, 0.4) is 0 Å². The van der Waals surface area contributed by atoms with Gasteiger partial charge in [0.2, 0.25) is 16.0 Å². The SMILES string of the molecule is CCC(C)NC(=O)c1cc(C)nc(NCCc2ccc(S(N)(=O)=O)cc2)n1. The van der Waals surface area contributed by atoms with Gasteiger partial charge in [0.05, 0.1) is 4.90 Å². The third-order valence-electron chi connectivity index (χ3n) is 4.03. The molecule has 0 aliphatic carbocycles. The highest BCUT2D eigenvalue weighted by atomic mass is 32.2. The van der Waals surface area contributed by atoms with Gasteiger partial charge in [-0.1, -0.05) is 19.1 Å². The number of amides is 1. The van der Waals surface area contributed by atoms with Crippen molar-refractivity contribution in [2.75, 3.05) is 11.9 Å². The van der Waals surface area contributed by atoms with E-state index in [2.05, 4.69) is 20.6 Å². The van der Waals surface area contributed by atoms with Gasteiger partial charge in [-0.05, 0) is 50.5 Å². The monoisotopic (exact) mass is 391 g/mol. The summed E-state index contributed by atoms with van der Waals surface area (Å²) < 4.78 is 22.5. The summed E-state index contributed by atoms with van der Waals surface area (Å²) in [6, 6.07) is 8.10. The number of nitrogens with two attached hydrogens (primary N) is 1. The smallest absolute Gasteiger partial charge is 0.270 e. The van der Waals surface area contributed by atoms with E-state index in [1.807, 2.05) is 13.8 Å². The summed E-state index contributed by atoms with van der Waals surface area (Å²) in [5.41, 5.74) is 1.96. The van der Waals surface area contributed by atoms with Crippen molar-refractivity contribution >= 4 is 21.9 Å². The van der Waals surface area contributed by atoms with E-state index in [4.69, 9.17) is 5.14 Å². The molecule has 0 saturated carbocycles. The molecule has 0 bridgehead atoms. The van der Waals surface area contributed by atoms with Crippen LogP contribution in [-0.4, -0.2) is 36.9 Å². The van der Waals surface area contributed by atoms with Crippen LogP contribution < -0.4 is 15.8 Å². The third-order valence-corrected chi connectivity index (χ3v) is 4.95. The van der Waals surface area contributed by atoms with Gasteiger partial charge < -0.3 is 10.6 Å². The minimum absolute atomic E-state index is 0.0736. The molecule has 0 aliphatic rings. The molecule has 0 radical (unpaired) electrons. The van der Waals surface area contributed by atoms with Crippen LogP contribution >= 0.6 is 0 Å². The molecule has 9 heteroatoms. The molecule has 0 aliphatic heterocycles. The first-order chi connectivity index (χ1) is 12.7. The Bertz CT molecular complexity index is 898. The normalized spacial score (nSPS) is 12.4. The van der Waals surface area contributed by atoms with Crippen LogP contribution in [-0.2, 0) is 16.4 Å². The quantitative estimate of drug-likeness (QED) is 0.627. The van der Waals surface area contributed by atoms with Gasteiger partial charge in [0.25, 0.3) is 5.91 Å². The van der Waals surface area contributed by atoms with Crippen molar-refractivity contribution in [2.45, 2.75) is 44.6 Å². The van der Waals surface area contributed by atoms with E-state index in [0.29, 0.717) is 30.3 Å². The average molecular weight is 391 g/mol. The highest BCUT2D eigenvalue weighted by Gasteiger charge is 2.12. The molecule has 1 unspecified atom stereocenters. The van der Waals surface area contributed by atoms with Crippen LogP contribution in [0.15, 0.2) is 35.2 Å². The second-order valence-electron chi connectivity index (χ2n) is 6.37. The van der Waals surface area contributed by atoms with E-state index < -0.39 is 10.0 Å². The molecule has 1 atom stereocenters. The first-order valence-electron chi connectivity index (χ1n) is 8.71. The number of sulfonamides is 1. The van der Waals surface area contributed by atoms with Crippen molar-refractivity contribution in [3.8, 4) is 0 Å². The van der Waals surface area contributed by atoms with Crippen molar-refractivity contribution in [3.63, 3.8) is 0 Å². The molecule has 2 aromatic rings. The van der Waals surface area contributed by atoms with Crippen LogP contribution in [0.2, 0.25) is 0 Å². The summed E-state index contributed by atoms with van der Waals surface area (Å²) in [6.45, 7) is 6.27. The highest BCUT2D eigenvalue weighted by Crippen LogP contribution is 2.10. The number of primary sulfonamides is 1. The van der Waals surface area contributed by atoms with Crippen molar-refractivity contribution in [3.05, 3.63) is 47.3 Å². The van der Waals surface area contributed by atoms with Crippen molar-refractivity contribution < 1.29 is 13.2 Å². The molecule has 2 rings (SSSR count). The molecule has 1 amide bonds. The predicted molar refractivity (Wildman–Crippen MR) is 104 cm³/mol. The summed E-state index contributed by atoms with van der Waals surface area (Å²) in [6.07, 6.45) is 1.47. The van der Waals surface area contributed by atoms with Gasteiger partial charge in [-0.15, -0.1) is 0 Å². The first-order valence-corrected chi connectivity index (χ1v) is 10.3. The van der Waals surface area contributed by atoms with Crippen LogP contribution in [0.25, 0.3) is 0 Å². The number of hydrogen-bond acceptors (Lipinski definition) is 6. The zero-order valence-electron chi connectivity index (χ0n) is 15.7. The zero-order chi connectivity index (χ0) is 20.0. The van der Waals surface area contributed by atoms with Crippen molar-refractivity contribution in [1.82, 2.24) is 15.3 Å². The Balaban J connectivity index is 1.98. The third kappa shape index (κ3) is 6.30. The molecule has 1 aromatic heterocycles. The van der Waals surface area contributed by atoms with Crippen LogP contribution in [0.5, 0.6) is 0 Å². The van der Waals surface area contributed by atoms with Crippen LogP contribution in [0, 0.1) is 6.92 Å². The highest BCUT2D eigenvalue weighted by molar-refractivity contribution is 7.89. The minimum Gasteiger partial charge on any atom is -0.354 e. The topological polar surface area (TPSA) is 127 Å². The number of carbonyl (C=O) groups is 1. The number of aryl methyl sites for hydroxylation is 1.